The van der Waals surface area contributed by atoms with E-state index < -0.39 is 0 Å². The predicted molar refractivity (Wildman–Crippen MR) is 66.1 cm³/mol. The molecule has 3 aliphatic rings. The van der Waals surface area contributed by atoms with E-state index >= 15 is 0 Å². The van der Waals surface area contributed by atoms with Crippen LogP contribution in [-0.2, 0) is 0 Å². The van der Waals surface area contributed by atoms with Gasteiger partial charge in [-0.3, -0.25) is 10.7 Å². The van der Waals surface area contributed by atoms with Crippen LogP contribution in [0.1, 0.15) is 52.4 Å². The summed E-state index contributed by atoms with van der Waals surface area (Å²) in [6, 6.07) is 0.350. The molecule has 1 spiro atoms. The topological polar surface area (TPSA) is 56.2 Å². The number of amides is 2. The first-order valence-corrected chi connectivity index (χ1v) is 6.68. The van der Waals surface area contributed by atoms with E-state index in [1.54, 1.807) is 0 Å². The minimum atomic E-state index is -0.344. The maximum atomic E-state index is 12.1. The average Bonchev–Trinajstić information content (AvgIpc) is 3.01. The molecule has 3 fully saturated rings. The Labute approximate surface area is 102 Å². The van der Waals surface area contributed by atoms with E-state index in [2.05, 4.69) is 19.2 Å². The summed E-state index contributed by atoms with van der Waals surface area (Å²) in [7, 11) is 0. The fraction of sp³-hybridized carbons (Fsp3) is 0.846. The van der Waals surface area contributed by atoms with Crippen LogP contribution in [-0.4, -0.2) is 28.3 Å². The first-order valence-electron chi connectivity index (χ1n) is 6.68. The van der Waals surface area contributed by atoms with Crippen molar-refractivity contribution in [3.05, 3.63) is 0 Å². The van der Waals surface area contributed by atoms with Crippen LogP contribution >= 0.6 is 0 Å². The highest BCUT2D eigenvalue weighted by molar-refractivity contribution is 6.09. The van der Waals surface area contributed by atoms with Gasteiger partial charge in [-0.25, -0.2) is 4.79 Å². The predicted octanol–water partition coefficient (Wildman–Crippen LogP) is 2.49. The molecule has 2 saturated carbocycles. The van der Waals surface area contributed by atoms with E-state index in [1.807, 2.05) is 4.90 Å². The molecule has 3 rings (SSSR count). The standard InChI is InChI=1S/C13H21N3O/c1-12(2)7-3-4-8-13(12)10(14)15-11(17)16(13)9-5-6-9/h9H,3-8H2,1-2H3,(H2,14,15,17). The van der Waals surface area contributed by atoms with Gasteiger partial charge in [0.1, 0.15) is 11.4 Å². The maximum absolute atomic E-state index is 12.1. The van der Waals surface area contributed by atoms with Crippen molar-refractivity contribution in [3.63, 3.8) is 0 Å². The number of rotatable bonds is 1. The van der Waals surface area contributed by atoms with E-state index in [0.717, 1.165) is 32.1 Å². The SMILES string of the molecule is CC1(C)CCCCC12C(=N)NC(=O)N2C1CC1. The van der Waals surface area contributed by atoms with E-state index in [0.29, 0.717) is 11.9 Å². The van der Waals surface area contributed by atoms with Crippen molar-refractivity contribution in [1.29, 1.82) is 5.41 Å². The lowest BCUT2D eigenvalue weighted by molar-refractivity contribution is 0.0357. The molecular formula is C13H21N3O. The third-order valence-electron chi connectivity index (χ3n) is 4.90. The van der Waals surface area contributed by atoms with Crippen LogP contribution in [0, 0.1) is 10.8 Å². The van der Waals surface area contributed by atoms with Gasteiger partial charge in [0.25, 0.3) is 0 Å². The molecule has 1 aliphatic heterocycles. The second-order valence-corrected chi connectivity index (χ2v) is 6.36. The number of amidine groups is 1. The van der Waals surface area contributed by atoms with Gasteiger partial charge in [0.15, 0.2) is 0 Å². The van der Waals surface area contributed by atoms with Crippen molar-refractivity contribution in [2.45, 2.75) is 64.0 Å². The number of hydrogen-bond donors (Lipinski definition) is 2. The van der Waals surface area contributed by atoms with E-state index in [4.69, 9.17) is 5.41 Å². The van der Waals surface area contributed by atoms with Gasteiger partial charge >= 0.3 is 6.03 Å². The number of carbonyl (C=O) groups is 1. The zero-order valence-corrected chi connectivity index (χ0v) is 10.7. The zero-order valence-electron chi connectivity index (χ0n) is 10.7. The lowest BCUT2D eigenvalue weighted by Crippen LogP contribution is -2.61. The number of nitrogens with one attached hydrogen (secondary N) is 2. The van der Waals surface area contributed by atoms with Crippen LogP contribution in [0.5, 0.6) is 0 Å². The van der Waals surface area contributed by atoms with Gasteiger partial charge in [-0.1, -0.05) is 26.7 Å². The Bertz CT molecular complexity index is 386. The molecule has 1 atom stereocenters. The molecule has 17 heavy (non-hydrogen) atoms. The molecule has 0 bridgehead atoms. The van der Waals surface area contributed by atoms with Gasteiger partial charge < -0.3 is 4.90 Å². The molecule has 1 unspecified atom stereocenters. The fourth-order valence-corrected chi connectivity index (χ4v) is 3.78. The summed E-state index contributed by atoms with van der Waals surface area (Å²) in [5.41, 5.74) is -0.326. The molecule has 1 heterocycles. The van der Waals surface area contributed by atoms with Crippen molar-refractivity contribution < 1.29 is 4.79 Å². The Morgan fingerprint density at radius 1 is 1.29 bits per heavy atom. The summed E-state index contributed by atoms with van der Waals surface area (Å²) < 4.78 is 0. The minimum absolute atomic E-state index is 0.0179. The van der Waals surface area contributed by atoms with Crippen molar-refractivity contribution in [2.24, 2.45) is 5.41 Å². The normalized spacial score (nSPS) is 36.5. The summed E-state index contributed by atoms with van der Waals surface area (Å²) in [5, 5.41) is 11.0. The summed E-state index contributed by atoms with van der Waals surface area (Å²) in [6.07, 6.45) is 6.62. The van der Waals surface area contributed by atoms with Crippen LogP contribution in [0.4, 0.5) is 4.79 Å². The number of carbonyl (C=O) groups excluding carboxylic acids is 1. The molecule has 2 aliphatic carbocycles. The number of hydrogen-bond acceptors (Lipinski definition) is 2. The molecular weight excluding hydrogens is 214 g/mol. The van der Waals surface area contributed by atoms with E-state index in [1.165, 1.54) is 6.42 Å². The van der Waals surface area contributed by atoms with Crippen LogP contribution in [0.3, 0.4) is 0 Å². The quantitative estimate of drug-likeness (QED) is 0.720. The molecule has 1 saturated heterocycles. The Balaban J connectivity index is 2.07. The van der Waals surface area contributed by atoms with E-state index in [-0.39, 0.29) is 17.0 Å². The largest absolute Gasteiger partial charge is 0.323 e. The van der Waals surface area contributed by atoms with Gasteiger partial charge in [-0.05, 0) is 31.1 Å². The minimum Gasteiger partial charge on any atom is -0.308 e. The Kier molecular flexibility index (Phi) is 2.11. The van der Waals surface area contributed by atoms with Crippen molar-refractivity contribution in [3.8, 4) is 0 Å². The highest BCUT2D eigenvalue weighted by Crippen LogP contribution is 2.52. The van der Waals surface area contributed by atoms with Crippen LogP contribution in [0.25, 0.3) is 0 Å². The van der Waals surface area contributed by atoms with Gasteiger partial charge in [-0.15, -0.1) is 0 Å². The van der Waals surface area contributed by atoms with Crippen LogP contribution < -0.4 is 5.32 Å². The van der Waals surface area contributed by atoms with Gasteiger partial charge in [0, 0.05) is 6.04 Å². The monoisotopic (exact) mass is 235 g/mol. The Morgan fingerprint density at radius 2 is 1.94 bits per heavy atom. The third-order valence-corrected chi connectivity index (χ3v) is 4.90. The molecule has 0 aromatic carbocycles. The molecule has 0 aromatic rings. The van der Waals surface area contributed by atoms with Crippen LogP contribution in [0.15, 0.2) is 0 Å². The molecule has 2 N–H and O–H groups in total. The molecule has 0 aromatic heterocycles. The summed E-state index contributed by atoms with van der Waals surface area (Å²) in [6.45, 7) is 4.44. The highest BCUT2D eigenvalue weighted by atomic mass is 16.2. The Hall–Kier alpha value is -1.06. The van der Waals surface area contributed by atoms with Crippen molar-refractivity contribution in [2.75, 3.05) is 0 Å². The lowest BCUT2D eigenvalue weighted by Gasteiger charge is -2.51. The molecule has 94 valence electrons. The lowest BCUT2D eigenvalue weighted by atomic mass is 9.62. The average molecular weight is 235 g/mol. The maximum Gasteiger partial charge on any atom is 0.323 e. The third kappa shape index (κ3) is 1.30. The fourth-order valence-electron chi connectivity index (χ4n) is 3.78. The van der Waals surface area contributed by atoms with Crippen molar-refractivity contribution in [1.82, 2.24) is 10.2 Å². The second kappa shape index (κ2) is 3.24. The molecule has 4 nitrogen and oxygen atoms in total. The van der Waals surface area contributed by atoms with Crippen LogP contribution in [0.2, 0.25) is 0 Å². The summed E-state index contributed by atoms with van der Waals surface area (Å²) in [4.78, 5) is 14.1. The highest BCUT2D eigenvalue weighted by Gasteiger charge is 2.62. The Morgan fingerprint density at radius 3 is 2.53 bits per heavy atom. The van der Waals surface area contributed by atoms with Crippen molar-refractivity contribution >= 4 is 11.9 Å². The number of nitrogens with zero attached hydrogens (tertiary/aromatic N) is 1. The van der Waals surface area contributed by atoms with Gasteiger partial charge in [0.2, 0.25) is 0 Å². The first-order chi connectivity index (χ1) is 7.99. The number of urea groups is 1. The molecule has 4 heteroatoms. The molecule has 0 radical (unpaired) electrons. The molecule has 2 amide bonds. The first kappa shape index (κ1) is 11.1. The smallest absolute Gasteiger partial charge is 0.308 e. The second-order valence-electron chi connectivity index (χ2n) is 6.36. The summed E-state index contributed by atoms with van der Waals surface area (Å²) >= 11 is 0. The van der Waals surface area contributed by atoms with Gasteiger partial charge in [-0.2, -0.15) is 0 Å². The zero-order chi connectivity index (χ0) is 12.3. The summed E-state index contributed by atoms with van der Waals surface area (Å²) in [5.74, 6) is 0.444. The van der Waals surface area contributed by atoms with E-state index in [9.17, 15) is 4.79 Å². The van der Waals surface area contributed by atoms with Gasteiger partial charge in [0.05, 0.1) is 0 Å².